The van der Waals surface area contributed by atoms with Gasteiger partial charge in [-0.05, 0) is 86.3 Å². The van der Waals surface area contributed by atoms with E-state index in [4.69, 9.17) is 0 Å². The van der Waals surface area contributed by atoms with Gasteiger partial charge in [-0.15, -0.1) is 0 Å². The molecule has 0 spiro atoms. The smallest absolute Gasteiger partial charge is 0.0992 e. The van der Waals surface area contributed by atoms with Crippen molar-refractivity contribution >= 4 is 59.6 Å². The number of benzene rings is 7. The molecule has 0 saturated heterocycles. The van der Waals surface area contributed by atoms with Crippen LogP contribution in [0.3, 0.4) is 0 Å². The number of rotatable bonds is 2. The Bertz CT molecular complexity index is 2620. The summed E-state index contributed by atoms with van der Waals surface area (Å²) in [6.07, 6.45) is 0. The van der Waals surface area contributed by atoms with Gasteiger partial charge in [0.1, 0.15) is 0 Å². The Labute approximate surface area is 247 Å². The van der Waals surface area contributed by atoms with E-state index in [1.54, 1.807) is 0 Å². The van der Waals surface area contributed by atoms with E-state index < -0.39 is 0 Å². The first kappa shape index (κ1) is 23.5. The summed E-state index contributed by atoms with van der Waals surface area (Å²) in [7, 11) is 0. The molecule has 9 aromatic rings. The van der Waals surface area contributed by atoms with E-state index >= 15 is 0 Å². The fraction of sp³-hybridized carbons (Fsp3) is 0. The molecular formula is C40H21N3. The molecule has 0 unspecified atom stereocenters. The number of fused-ring (bicyclic) bond motifs is 8. The molecule has 0 atom stereocenters. The van der Waals surface area contributed by atoms with Crippen LogP contribution in [-0.4, -0.2) is 4.40 Å². The first-order valence-corrected chi connectivity index (χ1v) is 14.3. The molecule has 7 aromatic carbocycles. The van der Waals surface area contributed by atoms with Crippen LogP contribution in [0.4, 0.5) is 0 Å². The molecule has 0 N–H and O–H groups in total. The Morgan fingerprint density at radius 3 is 1.47 bits per heavy atom. The summed E-state index contributed by atoms with van der Waals surface area (Å²) in [5.41, 5.74) is 9.26. The molecule has 0 saturated carbocycles. The topological polar surface area (TPSA) is 52.0 Å². The van der Waals surface area contributed by atoms with Gasteiger partial charge in [-0.3, -0.25) is 0 Å². The highest BCUT2D eigenvalue weighted by atomic mass is 14.9. The molecule has 0 aliphatic carbocycles. The van der Waals surface area contributed by atoms with E-state index in [1.165, 1.54) is 38.2 Å². The number of nitriles is 2. The summed E-state index contributed by atoms with van der Waals surface area (Å²) in [6.45, 7) is 0. The molecule has 0 fully saturated rings. The molecule has 9 rings (SSSR count). The van der Waals surface area contributed by atoms with Crippen LogP contribution in [0.2, 0.25) is 0 Å². The minimum atomic E-state index is 0.615. The minimum absolute atomic E-state index is 0.615. The second-order valence-corrected chi connectivity index (χ2v) is 11.2. The maximum atomic E-state index is 9.97. The van der Waals surface area contributed by atoms with Gasteiger partial charge in [-0.25, -0.2) is 0 Å². The van der Waals surface area contributed by atoms with Crippen LogP contribution in [-0.2, 0) is 0 Å². The summed E-state index contributed by atoms with van der Waals surface area (Å²) >= 11 is 0. The van der Waals surface area contributed by atoms with Gasteiger partial charge in [0.25, 0.3) is 0 Å². The molecule has 3 nitrogen and oxygen atoms in total. The lowest BCUT2D eigenvalue weighted by molar-refractivity contribution is 1.37. The molecule has 0 bridgehead atoms. The largest absolute Gasteiger partial charge is 0.308 e. The molecular weight excluding hydrogens is 522 g/mol. The van der Waals surface area contributed by atoms with Crippen molar-refractivity contribution in [2.75, 3.05) is 0 Å². The highest BCUT2D eigenvalue weighted by Gasteiger charge is 2.21. The maximum absolute atomic E-state index is 9.97. The number of hydrogen-bond donors (Lipinski definition) is 0. The Morgan fingerprint density at radius 2 is 0.884 bits per heavy atom. The van der Waals surface area contributed by atoms with Crippen LogP contribution < -0.4 is 0 Å². The van der Waals surface area contributed by atoms with E-state index in [9.17, 15) is 10.5 Å². The van der Waals surface area contributed by atoms with Gasteiger partial charge in [-0.1, -0.05) is 84.9 Å². The van der Waals surface area contributed by atoms with Crippen molar-refractivity contribution in [3.05, 3.63) is 139 Å². The van der Waals surface area contributed by atoms with E-state index in [0.717, 1.165) is 43.7 Å². The Morgan fingerprint density at radius 1 is 0.395 bits per heavy atom. The van der Waals surface area contributed by atoms with Crippen molar-refractivity contribution in [1.29, 1.82) is 10.5 Å². The molecule has 0 amide bonds. The van der Waals surface area contributed by atoms with Crippen LogP contribution >= 0.6 is 0 Å². The van der Waals surface area contributed by atoms with E-state index in [-0.39, 0.29) is 0 Å². The molecule has 43 heavy (non-hydrogen) atoms. The average molecular weight is 544 g/mol. The summed E-state index contributed by atoms with van der Waals surface area (Å²) in [5.74, 6) is 0. The molecule has 0 aliphatic heterocycles. The molecule has 2 aromatic heterocycles. The third-order valence-electron chi connectivity index (χ3n) is 8.93. The average Bonchev–Trinajstić information content (AvgIpc) is 3.57. The predicted octanol–water partition coefficient (Wildman–Crippen LogP) is 10.2. The molecule has 196 valence electrons. The zero-order chi connectivity index (χ0) is 28.7. The number of nitrogens with zero attached hydrogens (tertiary/aromatic N) is 3. The summed E-state index contributed by atoms with van der Waals surface area (Å²) < 4.78 is 2.29. The number of aromatic nitrogens is 1. The van der Waals surface area contributed by atoms with Crippen LogP contribution in [0, 0.1) is 22.7 Å². The van der Waals surface area contributed by atoms with Crippen molar-refractivity contribution in [2.24, 2.45) is 0 Å². The fourth-order valence-corrected chi connectivity index (χ4v) is 7.20. The first-order chi connectivity index (χ1) is 21.2. The predicted molar refractivity (Wildman–Crippen MR) is 176 cm³/mol. The molecule has 0 aliphatic rings. The minimum Gasteiger partial charge on any atom is -0.308 e. The van der Waals surface area contributed by atoms with Crippen molar-refractivity contribution in [3.8, 4) is 34.4 Å². The van der Waals surface area contributed by atoms with Crippen LogP contribution in [0.15, 0.2) is 127 Å². The summed E-state index contributed by atoms with van der Waals surface area (Å²) in [5, 5.41) is 28.6. The Balaban J connectivity index is 1.42. The zero-order valence-corrected chi connectivity index (χ0v) is 23.0. The lowest BCUT2D eigenvalue weighted by Crippen LogP contribution is -1.90. The third-order valence-corrected chi connectivity index (χ3v) is 8.93. The Kier molecular flexibility index (Phi) is 4.74. The van der Waals surface area contributed by atoms with Crippen LogP contribution in [0.5, 0.6) is 0 Å². The SMILES string of the molecule is N#Cc1ccc2c(c1)c1cc(C#N)cc3c4cc(-c5c6ccccc6c(-c6ccccc6)c6ccccc56)ccc4n2c13. The molecule has 3 heteroatoms. The Hall–Kier alpha value is -6.16. The summed E-state index contributed by atoms with van der Waals surface area (Å²) in [6, 6.07) is 49.2. The van der Waals surface area contributed by atoms with Gasteiger partial charge in [0, 0.05) is 21.5 Å². The van der Waals surface area contributed by atoms with Crippen molar-refractivity contribution < 1.29 is 0 Å². The highest BCUT2D eigenvalue weighted by Crippen LogP contribution is 2.46. The van der Waals surface area contributed by atoms with Crippen molar-refractivity contribution in [3.63, 3.8) is 0 Å². The second-order valence-electron chi connectivity index (χ2n) is 11.2. The molecule has 0 radical (unpaired) electrons. The quantitative estimate of drug-likeness (QED) is 0.204. The van der Waals surface area contributed by atoms with Gasteiger partial charge >= 0.3 is 0 Å². The highest BCUT2D eigenvalue weighted by molar-refractivity contribution is 6.26. The van der Waals surface area contributed by atoms with E-state index in [1.807, 2.05) is 30.3 Å². The van der Waals surface area contributed by atoms with Gasteiger partial charge in [0.15, 0.2) is 0 Å². The van der Waals surface area contributed by atoms with Crippen molar-refractivity contribution in [1.82, 2.24) is 4.40 Å². The van der Waals surface area contributed by atoms with Gasteiger partial charge < -0.3 is 4.40 Å². The fourth-order valence-electron chi connectivity index (χ4n) is 7.20. The monoisotopic (exact) mass is 543 g/mol. The van der Waals surface area contributed by atoms with Gasteiger partial charge in [0.2, 0.25) is 0 Å². The van der Waals surface area contributed by atoms with Gasteiger partial charge in [-0.2, -0.15) is 10.5 Å². The standard InChI is InChI=1S/C40H21N3/c41-22-24-14-16-36-32(18-24)34-19-25(23-42)20-35-33-21-27(15-17-37(33)43(36)40(34)35)39-30-12-6-4-10-28(30)38(26-8-2-1-3-9-26)29-11-5-7-13-31(29)39/h1-21H. The third kappa shape index (κ3) is 3.17. The second kappa shape index (κ2) is 8.67. The lowest BCUT2D eigenvalue weighted by Gasteiger charge is -2.17. The maximum Gasteiger partial charge on any atom is 0.0992 e. The number of hydrogen-bond acceptors (Lipinski definition) is 2. The first-order valence-electron chi connectivity index (χ1n) is 14.3. The zero-order valence-electron chi connectivity index (χ0n) is 23.0. The summed E-state index contributed by atoms with van der Waals surface area (Å²) in [4.78, 5) is 0. The van der Waals surface area contributed by atoms with Crippen LogP contribution in [0.1, 0.15) is 11.1 Å². The van der Waals surface area contributed by atoms with Gasteiger partial charge in [0.05, 0.1) is 39.8 Å². The van der Waals surface area contributed by atoms with Crippen molar-refractivity contribution in [2.45, 2.75) is 0 Å². The normalized spacial score (nSPS) is 11.7. The lowest BCUT2D eigenvalue weighted by atomic mass is 9.86. The molecule has 2 heterocycles. The van der Waals surface area contributed by atoms with Crippen LogP contribution in [0.25, 0.3) is 81.9 Å². The van der Waals surface area contributed by atoms with E-state index in [2.05, 4.69) is 114 Å². The van der Waals surface area contributed by atoms with E-state index in [0.29, 0.717) is 11.1 Å².